The van der Waals surface area contributed by atoms with Gasteiger partial charge < -0.3 is 9.47 Å². The standard InChI is InChI=1S/C17H20ClNO4S/c1-3-22-16-10-9-15(11-17(16)23-4-2)24(20,21)19-12-13-5-7-14(18)8-6-13/h5-11,19H,3-4,12H2,1-2H3. The van der Waals surface area contributed by atoms with Crippen LogP contribution in [0.1, 0.15) is 19.4 Å². The molecule has 0 saturated carbocycles. The molecule has 0 aliphatic rings. The maximum Gasteiger partial charge on any atom is 0.241 e. The minimum absolute atomic E-state index is 0.128. The van der Waals surface area contributed by atoms with Crippen LogP contribution in [0, 0.1) is 0 Å². The minimum atomic E-state index is -3.66. The first-order chi connectivity index (χ1) is 11.5. The van der Waals surface area contributed by atoms with Crippen molar-refractivity contribution in [1.29, 1.82) is 0 Å². The number of sulfonamides is 1. The predicted molar refractivity (Wildman–Crippen MR) is 94.3 cm³/mol. The van der Waals surface area contributed by atoms with Crippen LogP contribution in [0.25, 0.3) is 0 Å². The van der Waals surface area contributed by atoms with Gasteiger partial charge in [0.05, 0.1) is 18.1 Å². The number of benzene rings is 2. The molecule has 5 nitrogen and oxygen atoms in total. The normalized spacial score (nSPS) is 11.3. The van der Waals surface area contributed by atoms with Gasteiger partial charge in [-0.1, -0.05) is 23.7 Å². The Hall–Kier alpha value is -1.76. The molecule has 0 radical (unpaired) electrons. The summed E-state index contributed by atoms with van der Waals surface area (Å²) in [5, 5.41) is 0.606. The van der Waals surface area contributed by atoms with Crippen molar-refractivity contribution in [2.45, 2.75) is 25.3 Å². The van der Waals surface area contributed by atoms with Crippen molar-refractivity contribution in [3.05, 3.63) is 53.1 Å². The van der Waals surface area contributed by atoms with E-state index in [-0.39, 0.29) is 11.4 Å². The van der Waals surface area contributed by atoms with Crippen LogP contribution in [0.3, 0.4) is 0 Å². The lowest BCUT2D eigenvalue weighted by atomic mass is 10.2. The van der Waals surface area contributed by atoms with Gasteiger partial charge in [0, 0.05) is 17.6 Å². The van der Waals surface area contributed by atoms with Crippen LogP contribution in [-0.2, 0) is 16.6 Å². The fourth-order valence-electron chi connectivity index (χ4n) is 2.06. The van der Waals surface area contributed by atoms with Gasteiger partial charge in [0.25, 0.3) is 0 Å². The molecule has 0 unspecified atom stereocenters. The van der Waals surface area contributed by atoms with Crippen molar-refractivity contribution in [3.8, 4) is 11.5 Å². The third-order valence-corrected chi connectivity index (χ3v) is 4.86. The third-order valence-electron chi connectivity index (χ3n) is 3.20. The van der Waals surface area contributed by atoms with E-state index < -0.39 is 10.0 Å². The summed E-state index contributed by atoms with van der Waals surface area (Å²) in [5.41, 5.74) is 0.818. The first-order valence-corrected chi connectivity index (χ1v) is 9.46. The molecule has 2 rings (SSSR count). The van der Waals surface area contributed by atoms with E-state index in [0.717, 1.165) is 5.56 Å². The van der Waals surface area contributed by atoms with Gasteiger partial charge in [0.1, 0.15) is 0 Å². The van der Waals surface area contributed by atoms with E-state index in [9.17, 15) is 8.42 Å². The Labute approximate surface area is 147 Å². The summed E-state index contributed by atoms with van der Waals surface area (Å²) in [6.45, 7) is 4.75. The Bertz CT molecular complexity index is 776. The molecule has 0 atom stereocenters. The molecule has 0 fully saturated rings. The topological polar surface area (TPSA) is 64.6 Å². The number of hydrogen-bond donors (Lipinski definition) is 1. The second-order valence-corrected chi connectivity index (χ2v) is 7.13. The molecule has 0 spiro atoms. The zero-order valence-corrected chi connectivity index (χ0v) is 15.2. The number of nitrogens with one attached hydrogen (secondary N) is 1. The number of hydrogen-bond acceptors (Lipinski definition) is 4. The molecule has 2 aromatic rings. The molecule has 1 N–H and O–H groups in total. The summed E-state index contributed by atoms with van der Waals surface area (Å²) in [6.07, 6.45) is 0. The number of ether oxygens (including phenoxy) is 2. The van der Waals surface area contributed by atoms with Crippen molar-refractivity contribution in [3.63, 3.8) is 0 Å². The maximum atomic E-state index is 12.5. The lowest BCUT2D eigenvalue weighted by molar-refractivity contribution is 0.287. The summed E-state index contributed by atoms with van der Waals surface area (Å²) in [4.78, 5) is 0.128. The summed E-state index contributed by atoms with van der Waals surface area (Å²) in [6, 6.07) is 11.6. The number of rotatable bonds is 8. The fourth-order valence-corrected chi connectivity index (χ4v) is 3.22. The van der Waals surface area contributed by atoms with Crippen molar-refractivity contribution in [1.82, 2.24) is 4.72 Å². The van der Waals surface area contributed by atoms with Crippen molar-refractivity contribution >= 4 is 21.6 Å². The third kappa shape index (κ3) is 4.87. The van der Waals surface area contributed by atoms with E-state index in [1.165, 1.54) is 12.1 Å². The Morgan fingerprint density at radius 3 is 2.21 bits per heavy atom. The van der Waals surface area contributed by atoms with Gasteiger partial charge >= 0.3 is 0 Å². The van der Waals surface area contributed by atoms with Gasteiger partial charge in [-0.2, -0.15) is 0 Å². The average molecular weight is 370 g/mol. The molecule has 0 bridgehead atoms. The van der Waals surface area contributed by atoms with Gasteiger partial charge in [0.2, 0.25) is 10.0 Å². The molecule has 0 aromatic heterocycles. The van der Waals surface area contributed by atoms with Gasteiger partial charge in [-0.25, -0.2) is 13.1 Å². The molecule has 0 aliphatic heterocycles. The van der Waals surface area contributed by atoms with Crippen LogP contribution in [0.5, 0.6) is 11.5 Å². The molecular formula is C17H20ClNO4S. The Morgan fingerprint density at radius 1 is 0.958 bits per heavy atom. The average Bonchev–Trinajstić information content (AvgIpc) is 2.56. The summed E-state index contributed by atoms with van der Waals surface area (Å²) in [7, 11) is -3.66. The highest BCUT2D eigenvalue weighted by atomic mass is 35.5. The molecule has 0 amide bonds. The second kappa shape index (κ2) is 8.37. The quantitative estimate of drug-likeness (QED) is 0.771. The van der Waals surface area contributed by atoms with Crippen LogP contribution in [0.4, 0.5) is 0 Å². The smallest absolute Gasteiger partial charge is 0.241 e. The van der Waals surface area contributed by atoms with E-state index >= 15 is 0 Å². The zero-order chi connectivity index (χ0) is 17.6. The summed E-state index contributed by atoms with van der Waals surface area (Å²) >= 11 is 5.82. The lowest BCUT2D eigenvalue weighted by Gasteiger charge is -2.13. The summed E-state index contributed by atoms with van der Waals surface area (Å²) < 4.78 is 38.4. The predicted octanol–water partition coefficient (Wildman–Crippen LogP) is 3.62. The van der Waals surface area contributed by atoms with Gasteiger partial charge in [-0.3, -0.25) is 0 Å². The van der Waals surface area contributed by atoms with Crippen LogP contribution >= 0.6 is 11.6 Å². The maximum absolute atomic E-state index is 12.5. The van der Waals surface area contributed by atoms with Gasteiger partial charge in [0.15, 0.2) is 11.5 Å². The monoisotopic (exact) mass is 369 g/mol. The molecular weight excluding hydrogens is 350 g/mol. The molecule has 0 saturated heterocycles. The van der Waals surface area contributed by atoms with E-state index in [0.29, 0.717) is 29.7 Å². The first-order valence-electron chi connectivity index (χ1n) is 7.60. The zero-order valence-electron chi connectivity index (χ0n) is 13.6. The van der Waals surface area contributed by atoms with E-state index in [1.807, 2.05) is 13.8 Å². The van der Waals surface area contributed by atoms with Crippen molar-refractivity contribution in [2.24, 2.45) is 0 Å². The highest BCUT2D eigenvalue weighted by molar-refractivity contribution is 7.89. The highest BCUT2D eigenvalue weighted by Gasteiger charge is 2.17. The minimum Gasteiger partial charge on any atom is -0.490 e. The lowest BCUT2D eigenvalue weighted by Crippen LogP contribution is -2.23. The number of halogens is 1. The summed E-state index contributed by atoms with van der Waals surface area (Å²) in [5.74, 6) is 0.935. The van der Waals surface area contributed by atoms with Crippen molar-refractivity contribution in [2.75, 3.05) is 13.2 Å². The van der Waals surface area contributed by atoms with Crippen LogP contribution in [0.15, 0.2) is 47.4 Å². The van der Waals surface area contributed by atoms with Gasteiger partial charge in [-0.05, 0) is 43.7 Å². The molecule has 24 heavy (non-hydrogen) atoms. The van der Waals surface area contributed by atoms with E-state index in [1.54, 1.807) is 30.3 Å². The Kier molecular flexibility index (Phi) is 6.48. The Balaban J connectivity index is 2.18. The first kappa shape index (κ1) is 18.6. The molecule has 0 aliphatic carbocycles. The van der Waals surface area contributed by atoms with Crippen LogP contribution in [0.2, 0.25) is 5.02 Å². The largest absolute Gasteiger partial charge is 0.490 e. The SMILES string of the molecule is CCOc1ccc(S(=O)(=O)NCc2ccc(Cl)cc2)cc1OCC. The fraction of sp³-hybridized carbons (Fsp3) is 0.294. The molecule has 130 valence electrons. The molecule has 0 heterocycles. The van der Waals surface area contributed by atoms with E-state index in [4.69, 9.17) is 21.1 Å². The molecule has 2 aromatic carbocycles. The second-order valence-electron chi connectivity index (χ2n) is 4.93. The molecule has 7 heteroatoms. The van der Waals surface area contributed by atoms with E-state index in [2.05, 4.69) is 4.72 Å². The van der Waals surface area contributed by atoms with Crippen LogP contribution < -0.4 is 14.2 Å². The Morgan fingerprint density at radius 2 is 1.58 bits per heavy atom. The van der Waals surface area contributed by atoms with Crippen molar-refractivity contribution < 1.29 is 17.9 Å². The van der Waals surface area contributed by atoms with Crippen LogP contribution in [-0.4, -0.2) is 21.6 Å². The highest BCUT2D eigenvalue weighted by Crippen LogP contribution is 2.30. The van der Waals surface area contributed by atoms with Gasteiger partial charge in [-0.15, -0.1) is 0 Å².